The van der Waals surface area contributed by atoms with Gasteiger partial charge in [-0.2, -0.15) is 0 Å². The molecular formula is C17H15Cl. The second kappa shape index (κ2) is 5.29. The Morgan fingerprint density at radius 2 is 1.83 bits per heavy atom. The lowest BCUT2D eigenvalue weighted by Gasteiger charge is -2.22. The fraction of sp³-hybridized carbons (Fsp3) is 0.176. The van der Waals surface area contributed by atoms with Gasteiger partial charge < -0.3 is 0 Å². The summed E-state index contributed by atoms with van der Waals surface area (Å²) in [7, 11) is 0. The Morgan fingerprint density at radius 1 is 1.22 bits per heavy atom. The summed E-state index contributed by atoms with van der Waals surface area (Å²) in [4.78, 5) is 0. The van der Waals surface area contributed by atoms with Gasteiger partial charge in [-0.05, 0) is 29.3 Å². The molecule has 1 aliphatic carbocycles. The predicted molar refractivity (Wildman–Crippen MR) is 79.3 cm³/mol. The second-order valence-electron chi connectivity index (χ2n) is 4.75. The van der Waals surface area contributed by atoms with Crippen LogP contribution < -0.4 is 0 Å². The lowest BCUT2D eigenvalue weighted by atomic mass is 9.82. The van der Waals surface area contributed by atoms with Crippen LogP contribution >= 0.6 is 11.6 Å². The highest BCUT2D eigenvalue weighted by atomic mass is 35.5. The monoisotopic (exact) mass is 254 g/mol. The van der Waals surface area contributed by atoms with Crippen LogP contribution in [0.3, 0.4) is 0 Å². The van der Waals surface area contributed by atoms with Crippen molar-refractivity contribution in [3.8, 4) is 12.3 Å². The molecule has 0 amide bonds. The molecule has 0 spiro atoms. The number of terminal acetylenes is 1. The van der Waals surface area contributed by atoms with Crippen LogP contribution in [0.4, 0.5) is 0 Å². The van der Waals surface area contributed by atoms with E-state index in [-0.39, 0.29) is 5.41 Å². The number of hydrogen-bond donors (Lipinski definition) is 0. The SMILES string of the molecule is C#CCC1(C)C=CC(=Cc2ccc(Cl)cc2)C=C1. The molecule has 1 aromatic rings. The van der Waals surface area contributed by atoms with Gasteiger partial charge in [-0.25, -0.2) is 0 Å². The quantitative estimate of drug-likeness (QED) is 0.660. The van der Waals surface area contributed by atoms with Crippen molar-refractivity contribution >= 4 is 17.7 Å². The molecule has 0 saturated heterocycles. The zero-order chi connectivity index (χ0) is 13.0. The van der Waals surface area contributed by atoms with E-state index in [2.05, 4.69) is 43.2 Å². The molecule has 0 heterocycles. The molecule has 0 fully saturated rings. The van der Waals surface area contributed by atoms with Crippen LogP contribution in [0.1, 0.15) is 18.9 Å². The highest BCUT2D eigenvalue weighted by molar-refractivity contribution is 6.30. The Kier molecular flexibility index (Phi) is 3.75. The zero-order valence-corrected chi connectivity index (χ0v) is 11.1. The van der Waals surface area contributed by atoms with E-state index in [0.717, 1.165) is 17.0 Å². The van der Waals surface area contributed by atoms with Crippen molar-refractivity contribution in [3.05, 3.63) is 64.7 Å². The molecule has 0 bridgehead atoms. The standard InChI is InChI=1S/C17H15Cl/c1-3-10-17(2)11-8-15(9-12-17)13-14-4-6-16(18)7-5-14/h1,4-9,11-13H,10H2,2H3. The summed E-state index contributed by atoms with van der Waals surface area (Å²) < 4.78 is 0. The maximum Gasteiger partial charge on any atom is 0.0406 e. The minimum atomic E-state index is -0.00785. The Bertz CT molecular complexity index is 534. The molecule has 1 aliphatic rings. The fourth-order valence-corrected chi connectivity index (χ4v) is 2.00. The third-order valence-electron chi connectivity index (χ3n) is 3.00. The van der Waals surface area contributed by atoms with Crippen LogP contribution in [0.2, 0.25) is 5.02 Å². The number of allylic oxidation sites excluding steroid dienone is 5. The van der Waals surface area contributed by atoms with Crippen LogP contribution in [0.5, 0.6) is 0 Å². The van der Waals surface area contributed by atoms with Crippen LogP contribution in [-0.4, -0.2) is 0 Å². The number of benzene rings is 1. The lowest BCUT2D eigenvalue weighted by Crippen LogP contribution is -2.10. The molecule has 0 atom stereocenters. The molecule has 0 aromatic heterocycles. The molecule has 0 nitrogen and oxygen atoms in total. The largest absolute Gasteiger partial charge is 0.120 e. The third-order valence-corrected chi connectivity index (χ3v) is 3.25. The van der Waals surface area contributed by atoms with Gasteiger partial charge in [0.1, 0.15) is 0 Å². The predicted octanol–water partition coefficient (Wildman–Crippen LogP) is 4.88. The van der Waals surface area contributed by atoms with Gasteiger partial charge in [-0.15, -0.1) is 12.3 Å². The van der Waals surface area contributed by atoms with Crippen LogP contribution in [0.25, 0.3) is 6.08 Å². The molecule has 0 unspecified atom stereocenters. The van der Waals surface area contributed by atoms with Gasteiger partial charge in [0.25, 0.3) is 0 Å². The zero-order valence-electron chi connectivity index (χ0n) is 10.4. The molecule has 0 radical (unpaired) electrons. The summed E-state index contributed by atoms with van der Waals surface area (Å²) >= 11 is 5.86. The van der Waals surface area contributed by atoms with Crippen molar-refractivity contribution in [3.63, 3.8) is 0 Å². The first-order valence-corrected chi connectivity index (χ1v) is 6.28. The smallest absolute Gasteiger partial charge is 0.0406 e. The first-order valence-electron chi connectivity index (χ1n) is 5.90. The maximum absolute atomic E-state index is 5.86. The summed E-state index contributed by atoms with van der Waals surface area (Å²) in [5.74, 6) is 2.71. The fourth-order valence-electron chi connectivity index (χ4n) is 1.87. The van der Waals surface area contributed by atoms with E-state index >= 15 is 0 Å². The summed E-state index contributed by atoms with van der Waals surface area (Å²) in [6, 6.07) is 7.80. The molecular weight excluding hydrogens is 240 g/mol. The first-order chi connectivity index (χ1) is 8.61. The minimum Gasteiger partial charge on any atom is -0.120 e. The molecule has 0 N–H and O–H groups in total. The highest BCUT2D eigenvalue weighted by Gasteiger charge is 2.17. The molecule has 0 saturated carbocycles. The van der Waals surface area contributed by atoms with Gasteiger partial charge in [0.05, 0.1) is 0 Å². The summed E-state index contributed by atoms with van der Waals surface area (Å²) in [6.45, 7) is 2.14. The van der Waals surface area contributed by atoms with Crippen molar-refractivity contribution in [2.24, 2.45) is 5.41 Å². The number of rotatable bonds is 2. The van der Waals surface area contributed by atoms with Crippen LogP contribution in [-0.2, 0) is 0 Å². The highest BCUT2D eigenvalue weighted by Crippen LogP contribution is 2.30. The Balaban J connectivity index is 2.17. The van der Waals surface area contributed by atoms with Gasteiger partial charge in [-0.1, -0.05) is 55.0 Å². The van der Waals surface area contributed by atoms with Gasteiger partial charge in [0.2, 0.25) is 0 Å². The number of halogens is 1. The first kappa shape index (κ1) is 12.7. The Morgan fingerprint density at radius 3 is 2.39 bits per heavy atom. The van der Waals surface area contributed by atoms with E-state index in [4.69, 9.17) is 18.0 Å². The van der Waals surface area contributed by atoms with Crippen molar-refractivity contribution in [1.82, 2.24) is 0 Å². The van der Waals surface area contributed by atoms with Gasteiger partial charge in [0.15, 0.2) is 0 Å². The van der Waals surface area contributed by atoms with Gasteiger partial charge in [0, 0.05) is 16.9 Å². The van der Waals surface area contributed by atoms with E-state index < -0.39 is 0 Å². The van der Waals surface area contributed by atoms with E-state index in [1.807, 2.05) is 24.3 Å². The second-order valence-corrected chi connectivity index (χ2v) is 5.19. The van der Waals surface area contributed by atoms with E-state index in [1.165, 1.54) is 5.57 Å². The Labute approximate surface area is 114 Å². The van der Waals surface area contributed by atoms with E-state index in [1.54, 1.807) is 0 Å². The topological polar surface area (TPSA) is 0 Å². The van der Waals surface area contributed by atoms with E-state index in [9.17, 15) is 0 Å². The number of hydrogen-bond acceptors (Lipinski definition) is 0. The van der Waals surface area contributed by atoms with Crippen LogP contribution in [0.15, 0.2) is 54.1 Å². The summed E-state index contributed by atoms with van der Waals surface area (Å²) in [5.41, 5.74) is 2.31. The van der Waals surface area contributed by atoms with E-state index in [0.29, 0.717) is 0 Å². The summed E-state index contributed by atoms with van der Waals surface area (Å²) in [5, 5.41) is 0.758. The third kappa shape index (κ3) is 3.15. The van der Waals surface area contributed by atoms with Crippen molar-refractivity contribution in [2.75, 3.05) is 0 Å². The normalized spacial score (nSPS) is 21.7. The van der Waals surface area contributed by atoms with Crippen molar-refractivity contribution < 1.29 is 0 Å². The summed E-state index contributed by atoms with van der Waals surface area (Å²) in [6.07, 6.45) is 16.8. The molecule has 2 rings (SSSR count). The molecule has 90 valence electrons. The average Bonchev–Trinajstić information content (AvgIpc) is 2.35. The maximum atomic E-state index is 5.86. The Hall–Kier alpha value is -1.71. The minimum absolute atomic E-state index is 0.00785. The van der Waals surface area contributed by atoms with Crippen molar-refractivity contribution in [1.29, 1.82) is 0 Å². The van der Waals surface area contributed by atoms with Gasteiger partial charge >= 0.3 is 0 Å². The molecule has 0 aliphatic heterocycles. The lowest BCUT2D eigenvalue weighted by molar-refractivity contribution is 0.568. The molecule has 18 heavy (non-hydrogen) atoms. The molecule has 1 aromatic carbocycles. The van der Waals surface area contributed by atoms with Gasteiger partial charge in [-0.3, -0.25) is 0 Å². The van der Waals surface area contributed by atoms with Crippen molar-refractivity contribution in [2.45, 2.75) is 13.3 Å². The van der Waals surface area contributed by atoms with Crippen LogP contribution in [0, 0.1) is 17.8 Å². The molecule has 1 heteroatoms. The average molecular weight is 255 g/mol.